The van der Waals surface area contributed by atoms with E-state index in [4.69, 9.17) is 4.74 Å². The summed E-state index contributed by atoms with van der Waals surface area (Å²) >= 11 is 0. The number of halogens is 1. The monoisotopic (exact) mass is 400 g/mol. The number of carbonyl (C=O) groups is 2. The third-order valence-corrected chi connectivity index (χ3v) is 4.78. The zero-order chi connectivity index (χ0) is 21.4. The van der Waals surface area contributed by atoms with Crippen LogP contribution in [0.4, 0.5) is 4.39 Å². The molecule has 0 radical (unpaired) electrons. The van der Waals surface area contributed by atoms with E-state index in [1.165, 1.54) is 29.2 Å². The normalized spacial score (nSPS) is 12.7. The van der Waals surface area contributed by atoms with Crippen molar-refractivity contribution in [1.82, 2.24) is 10.2 Å². The SMILES string of the molecule is CC[C@@H](C)NC(=O)[C@@H](C)N(Cc1cccc(C)c1)C(=O)COc1ccc(F)cc1. The molecule has 0 saturated heterocycles. The molecule has 0 aliphatic heterocycles. The fourth-order valence-electron chi connectivity index (χ4n) is 2.81. The molecule has 156 valence electrons. The van der Waals surface area contributed by atoms with E-state index >= 15 is 0 Å². The van der Waals surface area contributed by atoms with Gasteiger partial charge < -0.3 is 15.0 Å². The van der Waals surface area contributed by atoms with E-state index < -0.39 is 6.04 Å². The molecule has 0 fully saturated rings. The molecule has 2 atom stereocenters. The van der Waals surface area contributed by atoms with Crippen molar-refractivity contribution in [3.8, 4) is 5.75 Å². The maximum Gasteiger partial charge on any atom is 0.261 e. The van der Waals surface area contributed by atoms with Crippen molar-refractivity contribution < 1.29 is 18.7 Å². The van der Waals surface area contributed by atoms with E-state index in [1.54, 1.807) is 6.92 Å². The first-order chi connectivity index (χ1) is 13.8. The van der Waals surface area contributed by atoms with Crippen molar-refractivity contribution in [2.24, 2.45) is 0 Å². The minimum absolute atomic E-state index is 0.0244. The topological polar surface area (TPSA) is 58.6 Å². The Balaban J connectivity index is 2.14. The van der Waals surface area contributed by atoms with Crippen LogP contribution in [0.2, 0.25) is 0 Å². The standard InChI is InChI=1S/C23H29FN2O3/c1-5-17(3)25-23(28)18(4)26(14-19-8-6-7-16(2)13-19)22(27)15-29-21-11-9-20(24)10-12-21/h6-13,17-18H,5,14-15H2,1-4H3,(H,25,28)/t17-,18-/m1/s1. The van der Waals surface area contributed by atoms with Crippen LogP contribution >= 0.6 is 0 Å². The number of hydrogen-bond acceptors (Lipinski definition) is 3. The van der Waals surface area contributed by atoms with Gasteiger partial charge in [-0.1, -0.05) is 36.8 Å². The molecule has 2 amide bonds. The van der Waals surface area contributed by atoms with Crippen LogP contribution < -0.4 is 10.1 Å². The molecule has 0 heterocycles. The average Bonchev–Trinajstić information content (AvgIpc) is 2.70. The summed E-state index contributed by atoms with van der Waals surface area (Å²) in [6, 6.07) is 12.6. The number of nitrogens with one attached hydrogen (secondary N) is 1. The Hall–Kier alpha value is -2.89. The number of carbonyl (C=O) groups excluding carboxylic acids is 2. The Morgan fingerprint density at radius 3 is 2.45 bits per heavy atom. The zero-order valence-corrected chi connectivity index (χ0v) is 17.4. The lowest BCUT2D eigenvalue weighted by Gasteiger charge is -2.29. The molecule has 2 aromatic carbocycles. The van der Waals surface area contributed by atoms with Gasteiger partial charge in [0.25, 0.3) is 5.91 Å². The van der Waals surface area contributed by atoms with Crippen LogP contribution in [0.15, 0.2) is 48.5 Å². The first-order valence-electron chi connectivity index (χ1n) is 9.84. The van der Waals surface area contributed by atoms with Crippen molar-refractivity contribution in [2.75, 3.05) is 6.61 Å². The van der Waals surface area contributed by atoms with Crippen molar-refractivity contribution >= 4 is 11.8 Å². The molecule has 1 N–H and O–H groups in total. The second-order valence-electron chi connectivity index (χ2n) is 7.25. The van der Waals surface area contributed by atoms with E-state index in [0.717, 1.165) is 17.5 Å². The molecule has 0 saturated carbocycles. The van der Waals surface area contributed by atoms with Crippen molar-refractivity contribution in [3.05, 3.63) is 65.5 Å². The van der Waals surface area contributed by atoms with Gasteiger partial charge in [0.2, 0.25) is 5.91 Å². The summed E-state index contributed by atoms with van der Waals surface area (Å²) in [6.07, 6.45) is 0.804. The van der Waals surface area contributed by atoms with E-state index in [9.17, 15) is 14.0 Å². The molecule has 0 aliphatic carbocycles. The molecular formula is C23H29FN2O3. The van der Waals surface area contributed by atoms with Crippen LogP contribution in [0, 0.1) is 12.7 Å². The minimum atomic E-state index is -0.658. The molecule has 0 aliphatic rings. The Labute approximate surface area is 171 Å². The highest BCUT2D eigenvalue weighted by atomic mass is 19.1. The number of benzene rings is 2. The number of nitrogens with zero attached hydrogens (tertiary/aromatic N) is 1. The third kappa shape index (κ3) is 6.89. The molecule has 6 heteroatoms. The van der Waals surface area contributed by atoms with Crippen LogP contribution in [0.3, 0.4) is 0 Å². The largest absolute Gasteiger partial charge is 0.484 e. The fraction of sp³-hybridized carbons (Fsp3) is 0.391. The Morgan fingerprint density at radius 1 is 1.14 bits per heavy atom. The van der Waals surface area contributed by atoms with E-state index in [2.05, 4.69) is 5.32 Å². The van der Waals surface area contributed by atoms with E-state index in [0.29, 0.717) is 12.3 Å². The molecule has 0 bridgehead atoms. The van der Waals surface area contributed by atoms with Gasteiger partial charge in [-0.2, -0.15) is 0 Å². The summed E-state index contributed by atoms with van der Waals surface area (Å²) in [5.41, 5.74) is 2.01. The highest BCUT2D eigenvalue weighted by Crippen LogP contribution is 2.14. The van der Waals surface area contributed by atoms with Gasteiger partial charge in [0, 0.05) is 12.6 Å². The predicted octanol–water partition coefficient (Wildman–Crippen LogP) is 3.84. The smallest absolute Gasteiger partial charge is 0.261 e. The van der Waals surface area contributed by atoms with Gasteiger partial charge in [-0.05, 0) is 57.0 Å². The van der Waals surface area contributed by atoms with Crippen LogP contribution in [-0.4, -0.2) is 35.4 Å². The highest BCUT2D eigenvalue weighted by Gasteiger charge is 2.27. The lowest BCUT2D eigenvalue weighted by molar-refractivity contribution is -0.142. The van der Waals surface area contributed by atoms with Gasteiger partial charge in [0.05, 0.1) is 0 Å². The van der Waals surface area contributed by atoms with Gasteiger partial charge in [-0.3, -0.25) is 9.59 Å². The van der Waals surface area contributed by atoms with Crippen LogP contribution in [-0.2, 0) is 16.1 Å². The molecule has 29 heavy (non-hydrogen) atoms. The van der Waals surface area contributed by atoms with Gasteiger partial charge in [0.15, 0.2) is 6.61 Å². The maximum absolute atomic E-state index is 13.0. The minimum Gasteiger partial charge on any atom is -0.484 e. The summed E-state index contributed by atoms with van der Waals surface area (Å²) in [7, 11) is 0. The fourth-order valence-corrected chi connectivity index (χ4v) is 2.81. The molecule has 0 spiro atoms. The van der Waals surface area contributed by atoms with E-state index in [1.807, 2.05) is 45.0 Å². The van der Waals surface area contributed by atoms with Crippen molar-refractivity contribution in [3.63, 3.8) is 0 Å². The molecular weight excluding hydrogens is 371 g/mol. The molecule has 2 rings (SSSR count). The number of aryl methyl sites for hydroxylation is 1. The quantitative estimate of drug-likeness (QED) is 0.696. The molecule has 0 aromatic heterocycles. The van der Waals surface area contributed by atoms with Crippen molar-refractivity contribution in [2.45, 2.75) is 52.7 Å². The number of rotatable bonds is 9. The van der Waals surface area contributed by atoms with Crippen LogP contribution in [0.25, 0.3) is 0 Å². The van der Waals surface area contributed by atoms with Gasteiger partial charge >= 0.3 is 0 Å². The Bertz CT molecular complexity index is 823. The summed E-state index contributed by atoms with van der Waals surface area (Å²) in [6.45, 7) is 7.66. The molecule has 5 nitrogen and oxygen atoms in total. The lowest BCUT2D eigenvalue weighted by Crippen LogP contribution is -2.50. The van der Waals surface area contributed by atoms with E-state index in [-0.39, 0.29) is 30.3 Å². The van der Waals surface area contributed by atoms with Crippen LogP contribution in [0.5, 0.6) is 5.75 Å². The summed E-state index contributed by atoms with van der Waals surface area (Å²) in [4.78, 5) is 27.1. The van der Waals surface area contributed by atoms with Gasteiger partial charge in [-0.25, -0.2) is 4.39 Å². The number of amides is 2. The third-order valence-electron chi connectivity index (χ3n) is 4.78. The van der Waals surface area contributed by atoms with Crippen molar-refractivity contribution in [1.29, 1.82) is 0 Å². The summed E-state index contributed by atoms with van der Waals surface area (Å²) in [5, 5.41) is 2.93. The second-order valence-corrected chi connectivity index (χ2v) is 7.25. The second kappa shape index (κ2) is 10.6. The number of ether oxygens (including phenoxy) is 1. The van der Waals surface area contributed by atoms with Crippen LogP contribution in [0.1, 0.15) is 38.3 Å². The highest BCUT2D eigenvalue weighted by molar-refractivity contribution is 5.88. The summed E-state index contributed by atoms with van der Waals surface area (Å²) < 4.78 is 18.5. The summed E-state index contributed by atoms with van der Waals surface area (Å²) in [5.74, 6) is -0.503. The first kappa shape index (κ1) is 22.4. The molecule has 0 unspecified atom stereocenters. The number of hydrogen-bond donors (Lipinski definition) is 1. The van der Waals surface area contributed by atoms with Gasteiger partial charge in [-0.15, -0.1) is 0 Å². The Morgan fingerprint density at radius 2 is 1.83 bits per heavy atom. The maximum atomic E-state index is 13.0. The predicted molar refractivity (Wildman–Crippen MR) is 111 cm³/mol. The first-order valence-corrected chi connectivity index (χ1v) is 9.84. The zero-order valence-electron chi connectivity index (χ0n) is 17.4. The Kier molecular flexibility index (Phi) is 8.19. The average molecular weight is 400 g/mol. The van der Waals surface area contributed by atoms with Gasteiger partial charge in [0.1, 0.15) is 17.6 Å². The lowest BCUT2D eigenvalue weighted by atomic mass is 10.1. The molecule has 2 aromatic rings.